The highest BCUT2D eigenvalue weighted by Gasteiger charge is 2.27. The van der Waals surface area contributed by atoms with Crippen LogP contribution in [0, 0.1) is 0 Å². The molecule has 1 aliphatic heterocycles. The molecule has 2 unspecified atom stereocenters. The summed E-state index contributed by atoms with van der Waals surface area (Å²) < 4.78 is 0. The molecule has 0 radical (unpaired) electrons. The van der Waals surface area contributed by atoms with E-state index in [2.05, 4.69) is 29.0 Å². The number of nitrogens with one attached hydrogen (secondary N) is 2. The Morgan fingerprint density at radius 3 is 3.11 bits per heavy atom. The Balaban J connectivity index is 0.00000162. The third kappa shape index (κ3) is 3.63. The average molecular weight is 307 g/mol. The SMILES string of the molecule is CNC(C)CNC(=O)C1SCCc2sccc21.Cl. The first kappa shape index (κ1) is 15.8. The van der Waals surface area contributed by atoms with E-state index in [4.69, 9.17) is 0 Å². The second kappa shape index (κ2) is 7.38. The molecule has 0 saturated carbocycles. The van der Waals surface area contributed by atoms with Crippen molar-refractivity contribution in [2.45, 2.75) is 24.6 Å². The molecule has 0 saturated heterocycles. The van der Waals surface area contributed by atoms with E-state index in [0.717, 1.165) is 12.2 Å². The zero-order chi connectivity index (χ0) is 12.3. The Morgan fingerprint density at radius 2 is 2.39 bits per heavy atom. The number of thioether (sulfide) groups is 1. The van der Waals surface area contributed by atoms with Crippen LogP contribution in [0.15, 0.2) is 11.4 Å². The molecule has 18 heavy (non-hydrogen) atoms. The average Bonchev–Trinajstić information content (AvgIpc) is 2.83. The lowest BCUT2D eigenvalue weighted by molar-refractivity contribution is -0.120. The molecule has 0 aromatic carbocycles. The Hall–Kier alpha value is -0.230. The molecule has 6 heteroatoms. The van der Waals surface area contributed by atoms with E-state index in [-0.39, 0.29) is 23.6 Å². The molecule has 0 bridgehead atoms. The minimum Gasteiger partial charge on any atom is -0.353 e. The highest BCUT2D eigenvalue weighted by Crippen LogP contribution is 2.39. The fourth-order valence-corrected chi connectivity index (χ4v) is 4.13. The summed E-state index contributed by atoms with van der Waals surface area (Å²) in [7, 11) is 1.91. The first-order valence-electron chi connectivity index (χ1n) is 5.85. The van der Waals surface area contributed by atoms with Gasteiger partial charge >= 0.3 is 0 Å². The van der Waals surface area contributed by atoms with Crippen molar-refractivity contribution in [3.8, 4) is 0 Å². The van der Waals surface area contributed by atoms with Crippen LogP contribution in [-0.2, 0) is 11.2 Å². The van der Waals surface area contributed by atoms with Crippen LogP contribution < -0.4 is 10.6 Å². The fourth-order valence-electron chi connectivity index (χ4n) is 1.81. The van der Waals surface area contributed by atoms with E-state index in [1.165, 1.54) is 10.4 Å². The zero-order valence-corrected chi connectivity index (χ0v) is 13.0. The summed E-state index contributed by atoms with van der Waals surface area (Å²) in [4.78, 5) is 13.5. The van der Waals surface area contributed by atoms with Crippen molar-refractivity contribution in [2.24, 2.45) is 0 Å². The Kier molecular flexibility index (Phi) is 6.49. The van der Waals surface area contributed by atoms with Gasteiger partial charge in [0.1, 0.15) is 5.25 Å². The van der Waals surface area contributed by atoms with Crippen LogP contribution in [-0.4, -0.2) is 31.3 Å². The first-order valence-corrected chi connectivity index (χ1v) is 7.78. The Bertz CT molecular complexity index is 397. The van der Waals surface area contributed by atoms with Gasteiger partial charge in [-0.15, -0.1) is 35.5 Å². The molecule has 0 fully saturated rings. The number of carbonyl (C=O) groups excluding carboxylic acids is 1. The minimum atomic E-state index is -0.00550. The monoisotopic (exact) mass is 306 g/mol. The van der Waals surface area contributed by atoms with Crippen LogP contribution in [0.5, 0.6) is 0 Å². The van der Waals surface area contributed by atoms with Gasteiger partial charge in [0.2, 0.25) is 5.91 Å². The molecule has 1 amide bonds. The van der Waals surface area contributed by atoms with Gasteiger partial charge in [0.05, 0.1) is 0 Å². The lowest BCUT2D eigenvalue weighted by Crippen LogP contribution is -2.39. The predicted octanol–water partition coefficient (Wildman–Crippen LogP) is 2.22. The number of halogens is 1. The summed E-state index contributed by atoms with van der Waals surface area (Å²) in [5, 5.41) is 8.22. The van der Waals surface area contributed by atoms with Gasteiger partial charge in [-0.25, -0.2) is 0 Å². The second-order valence-electron chi connectivity index (χ2n) is 4.23. The number of carbonyl (C=O) groups is 1. The molecule has 0 aliphatic carbocycles. The zero-order valence-electron chi connectivity index (χ0n) is 10.6. The van der Waals surface area contributed by atoms with Crippen LogP contribution in [0.2, 0.25) is 0 Å². The van der Waals surface area contributed by atoms with E-state index in [0.29, 0.717) is 12.6 Å². The Labute approximate surface area is 123 Å². The summed E-state index contributed by atoms with van der Waals surface area (Å²) in [6.45, 7) is 2.75. The molecule has 2 heterocycles. The number of rotatable bonds is 4. The molecular weight excluding hydrogens is 288 g/mol. The van der Waals surface area contributed by atoms with Crippen molar-refractivity contribution >= 4 is 41.4 Å². The number of aryl methyl sites for hydroxylation is 1. The number of thiophene rings is 1. The number of amides is 1. The normalized spacial score (nSPS) is 19.6. The van der Waals surface area contributed by atoms with E-state index in [9.17, 15) is 4.79 Å². The number of fused-ring (bicyclic) bond motifs is 1. The third-order valence-corrected chi connectivity index (χ3v) is 5.23. The highest BCUT2D eigenvalue weighted by molar-refractivity contribution is 8.00. The maximum absolute atomic E-state index is 12.1. The molecule has 2 N–H and O–H groups in total. The molecule has 102 valence electrons. The second-order valence-corrected chi connectivity index (χ2v) is 6.45. The fraction of sp³-hybridized carbons (Fsp3) is 0.583. The van der Waals surface area contributed by atoms with Crippen molar-refractivity contribution < 1.29 is 4.79 Å². The van der Waals surface area contributed by atoms with Gasteiger partial charge in [0.25, 0.3) is 0 Å². The van der Waals surface area contributed by atoms with Crippen molar-refractivity contribution in [1.82, 2.24) is 10.6 Å². The van der Waals surface area contributed by atoms with Crippen LogP contribution in [0.1, 0.15) is 22.6 Å². The quantitative estimate of drug-likeness (QED) is 0.896. The van der Waals surface area contributed by atoms with Crippen LogP contribution in [0.3, 0.4) is 0 Å². The maximum Gasteiger partial charge on any atom is 0.237 e. The van der Waals surface area contributed by atoms with E-state index < -0.39 is 0 Å². The molecule has 2 atom stereocenters. The van der Waals surface area contributed by atoms with Gasteiger partial charge in [0, 0.05) is 17.5 Å². The standard InChI is InChI=1S/C12H18N2OS2.ClH/c1-8(13-2)7-14-12(15)11-9-3-5-16-10(9)4-6-17-11;/h3,5,8,11,13H,4,6-7H2,1-2H3,(H,14,15);1H. The molecule has 1 aromatic rings. The van der Waals surface area contributed by atoms with Crippen LogP contribution in [0.25, 0.3) is 0 Å². The topological polar surface area (TPSA) is 41.1 Å². The lowest BCUT2D eigenvalue weighted by atomic mass is 10.1. The van der Waals surface area contributed by atoms with Crippen LogP contribution in [0.4, 0.5) is 0 Å². The summed E-state index contributed by atoms with van der Waals surface area (Å²) in [5.74, 6) is 1.20. The summed E-state index contributed by atoms with van der Waals surface area (Å²) >= 11 is 3.52. The molecule has 2 rings (SSSR count). The molecule has 1 aromatic heterocycles. The number of likely N-dealkylation sites (N-methyl/N-ethyl adjacent to an activating group) is 1. The van der Waals surface area contributed by atoms with Crippen molar-refractivity contribution in [2.75, 3.05) is 19.3 Å². The molecule has 1 aliphatic rings. The van der Waals surface area contributed by atoms with E-state index in [1.807, 2.05) is 7.05 Å². The van der Waals surface area contributed by atoms with Gasteiger partial charge < -0.3 is 10.6 Å². The van der Waals surface area contributed by atoms with Crippen molar-refractivity contribution in [3.05, 3.63) is 21.9 Å². The lowest BCUT2D eigenvalue weighted by Gasteiger charge is -2.22. The number of hydrogen-bond acceptors (Lipinski definition) is 4. The third-order valence-electron chi connectivity index (χ3n) is 2.99. The van der Waals surface area contributed by atoms with Crippen LogP contribution >= 0.6 is 35.5 Å². The van der Waals surface area contributed by atoms with Gasteiger partial charge in [-0.1, -0.05) is 0 Å². The predicted molar refractivity (Wildman–Crippen MR) is 82.0 cm³/mol. The first-order chi connectivity index (χ1) is 8.22. The maximum atomic E-state index is 12.1. The summed E-state index contributed by atoms with van der Waals surface area (Å²) in [6.07, 6.45) is 1.11. The smallest absolute Gasteiger partial charge is 0.237 e. The molecule has 3 nitrogen and oxygen atoms in total. The van der Waals surface area contributed by atoms with Gasteiger partial charge in [0.15, 0.2) is 0 Å². The van der Waals surface area contributed by atoms with Gasteiger partial charge in [-0.2, -0.15) is 0 Å². The van der Waals surface area contributed by atoms with Crippen molar-refractivity contribution in [1.29, 1.82) is 0 Å². The van der Waals surface area contributed by atoms with Gasteiger partial charge in [-0.3, -0.25) is 4.79 Å². The van der Waals surface area contributed by atoms with Crippen molar-refractivity contribution in [3.63, 3.8) is 0 Å². The molecule has 0 spiro atoms. The largest absolute Gasteiger partial charge is 0.353 e. The summed E-state index contributed by atoms with van der Waals surface area (Å²) in [5.41, 5.74) is 1.22. The summed E-state index contributed by atoms with van der Waals surface area (Å²) in [6, 6.07) is 2.41. The minimum absolute atomic E-state index is 0. The number of hydrogen-bond donors (Lipinski definition) is 2. The van der Waals surface area contributed by atoms with E-state index in [1.54, 1.807) is 23.1 Å². The van der Waals surface area contributed by atoms with E-state index >= 15 is 0 Å². The Morgan fingerprint density at radius 1 is 1.61 bits per heavy atom. The molecular formula is C12H19ClN2OS2. The highest BCUT2D eigenvalue weighted by atomic mass is 35.5. The van der Waals surface area contributed by atoms with Gasteiger partial charge in [-0.05, 0) is 43.2 Å².